The number of nitrogens with zero attached hydrogens (tertiary/aromatic N) is 5. The van der Waals surface area contributed by atoms with Crippen LogP contribution in [0.15, 0.2) is 200 Å². The van der Waals surface area contributed by atoms with E-state index < -0.39 is 0 Å². The van der Waals surface area contributed by atoms with Crippen LogP contribution in [0.25, 0.3) is 111 Å². The molecule has 58 heavy (non-hydrogen) atoms. The van der Waals surface area contributed by atoms with Gasteiger partial charge in [0.15, 0.2) is 17.5 Å². The molecule has 12 aromatic rings. The Kier molecular flexibility index (Phi) is 7.16. The summed E-state index contributed by atoms with van der Waals surface area (Å²) in [5.74, 6) is 1.94. The largest absolute Gasteiger partial charge is 0.309 e. The van der Waals surface area contributed by atoms with Gasteiger partial charge >= 0.3 is 0 Å². The van der Waals surface area contributed by atoms with Crippen LogP contribution >= 0.6 is 0 Å². The quantitative estimate of drug-likeness (QED) is 0.165. The lowest BCUT2D eigenvalue weighted by Gasteiger charge is -2.12. The van der Waals surface area contributed by atoms with Crippen molar-refractivity contribution in [3.63, 3.8) is 0 Å². The van der Waals surface area contributed by atoms with Crippen molar-refractivity contribution in [1.82, 2.24) is 23.9 Å². The van der Waals surface area contributed by atoms with Crippen LogP contribution in [-0.4, -0.2) is 23.9 Å². The molecule has 0 spiro atoms. The fraction of sp³-hybridized carbons (Fsp3) is 0. The van der Waals surface area contributed by atoms with Gasteiger partial charge in [0, 0.05) is 49.3 Å². The van der Waals surface area contributed by atoms with E-state index in [4.69, 9.17) is 15.0 Å². The van der Waals surface area contributed by atoms with Crippen molar-refractivity contribution < 1.29 is 0 Å². The molecule has 5 heteroatoms. The average molecular weight is 740 g/mol. The van der Waals surface area contributed by atoms with Crippen LogP contribution in [0.3, 0.4) is 0 Å². The molecule has 0 aliphatic heterocycles. The molecule has 0 aliphatic carbocycles. The SMILES string of the molecule is c1ccc(-c2nc(-c3ccccc3)nc(-c3cccc(-c4ccc(-n5c6ccccc6c6ccc7c(cc8c9ccccc9c9ccccc9n87)c65)cc4)c3)n2)cc1. The maximum atomic E-state index is 4.99. The van der Waals surface area contributed by atoms with Gasteiger partial charge in [0.05, 0.1) is 27.6 Å². The Morgan fingerprint density at radius 3 is 1.45 bits per heavy atom. The number of fused-ring (bicyclic) bond motifs is 12. The summed E-state index contributed by atoms with van der Waals surface area (Å²) in [5.41, 5.74) is 12.2. The standard InChI is InChI=1S/C53H33N5/c1-3-14-35(15-4-1)51-54-52(36-16-5-2-6-17-36)56-53(55-51)38-19-13-18-37(32-38)34-26-28-39(29-27-34)57-46-24-11-10-23-43(46)44-30-31-48-45(50(44)57)33-49-42-22-8-7-20-40(42)41-21-9-12-25-47(41)58(48)49/h1-33H. The molecular weight excluding hydrogens is 707 g/mol. The van der Waals surface area contributed by atoms with Gasteiger partial charge < -0.3 is 8.97 Å². The summed E-state index contributed by atoms with van der Waals surface area (Å²) in [5, 5.41) is 7.49. The maximum absolute atomic E-state index is 4.99. The van der Waals surface area contributed by atoms with Gasteiger partial charge in [-0.2, -0.15) is 0 Å². The molecular formula is C53H33N5. The molecule has 0 saturated heterocycles. The van der Waals surface area contributed by atoms with Gasteiger partial charge in [0.2, 0.25) is 0 Å². The number of hydrogen-bond acceptors (Lipinski definition) is 3. The zero-order valence-electron chi connectivity index (χ0n) is 31.3. The minimum atomic E-state index is 0.640. The Hall–Kier alpha value is -7.89. The first kappa shape index (κ1) is 32.4. The van der Waals surface area contributed by atoms with Crippen molar-refractivity contribution in [2.24, 2.45) is 0 Å². The van der Waals surface area contributed by atoms with Crippen LogP contribution in [0.2, 0.25) is 0 Å². The molecule has 0 fully saturated rings. The summed E-state index contributed by atoms with van der Waals surface area (Å²) in [6.07, 6.45) is 0. The Morgan fingerprint density at radius 1 is 0.276 bits per heavy atom. The average Bonchev–Trinajstić information content (AvgIpc) is 3.87. The van der Waals surface area contributed by atoms with Gasteiger partial charge in [-0.1, -0.05) is 158 Å². The third-order valence-corrected chi connectivity index (χ3v) is 11.5. The molecule has 4 heterocycles. The number of benzene rings is 8. The van der Waals surface area contributed by atoms with E-state index in [-0.39, 0.29) is 0 Å². The molecule has 8 aromatic carbocycles. The molecule has 270 valence electrons. The molecule has 0 atom stereocenters. The Balaban J connectivity index is 1.01. The predicted molar refractivity (Wildman–Crippen MR) is 239 cm³/mol. The van der Waals surface area contributed by atoms with E-state index in [9.17, 15) is 0 Å². The van der Waals surface area contributed by atoms with Gasteiger partial charge in [-0.25, -0.2) is 15.0 Å². The highest BCUT2D eigenvalue weighted by atomic mass is 15.0. The lowest BCUT2D eigenvalue weighted by atomic mass is 10.0. The van der Waals surface area contributed by atoms with Crippen molar-refractivity contribution in [2.75, 3.05) is 0 Å². The first-order valence-electron chi connectivity index (χ1n) is 19.6. The van der Waals surface area contributed by atoms with Crippen LogP contribution in [-0.2, 0) is 0 Å². The van der Waals surface area contributed by atoms with Gasteiger partial charge in [-0.3, -0.25) is 0 Å². The Morgan fingerprint density at radius 2 is 0.776 bits per heavy atom. The summed E-state index contributed by atoms with van der Waals surface area (Å²) in [4.78, 5) is 14.9. The Bertz CT molecular complexity index is 3490. The lowest BCUT2D eigenvalue weighted by Crippen LogP contribution is -2.00. The highest BCUT2D eigenvalue weighted by Crippen LogP contribution is 2.41. The first-order valence-corrected chi connectivity index (χ1v) is 19.6. The minimum Gasteiger partial charge on any atom is -0.309 e. The fourth-order valence-electron chi connectivity index (χ4n) is 8.88. The molecule has 0 radical (unpaired) electrons. The zero-order valence-corrected chi connectivity index (χ0v) is 31.3. The maximum Gasteiger partial charge on any atom is 0.164 e. The highest BCUT2D eigenvalue weighted by molar-refractivity contribution is 6.22. The second-order valence-electron chi connectivity index (χ2n) is 14.8. The smallest absolute Gasteiger partial charge is 0.164 e. The van der Waals surface area contributed by atoms with Gasteiger partial charge in [0.25, 0.3) is 0 Å². The number of rotatable bonds is 5. The number of aromatic nitrogens is 5. The summed E-state index contributed by atoms with van der Waals surface area (Å²) in [6, 6.07) is 71.0. The minimum absolute atomic E-state index is 0.640. The summed E-state index contributed by atoms with van der Waals surface area (Å²) < 4.78 is 4.89. The monoisotopic (exact) mass is 739 g/mol. The molecule has 5 nitrogen and oxygen atoms in total. The second kappa shape index (κ2) is 12.8. The second-order valence-corrected chi connectivity index (χ2v) is 14.8. The van der Waals surface area contributed by atoms with E-state index in [1.165, 1.54) is 59.9 Å². The van der Waals surface area contributed by atoms with Crippen LogP contribution in [0.4, 0.5) is 0 Å². The van der Waals surface area contributed by atoms with E-state index in [2.05, 4.69) is 148 Å². The third kappa shape index (κ3) is 5.00. The zero-order chi connectivity index (χ0) is 38.2. The van der Waals surface area contributed by atoms with Crippen molar-refractivity contribution >= 4 is 59.9 Å². The summed E-state index contributed by atoms with van der Waals surface area (Å²) >= 11 is 0. The first-order chi connectivity index (χ1) is 28.8. The molecule has 0 aliphatic rings. The summed E-state index contributed by atoms with van der Waals surface area (Å²) in [7, 11) is 0. The van der Waals surface area contributed by atoms with Gasteiger partial charge in [0.1, 0.15) is 0 Å². The number of hydrogen-bond donors (Lipinski definition) is 0. The van der Waals surface area contributed by atoms with Crippen molar-refractivity contribution in [3.8, 4) is 51.0 Å². The topological polar surface area (TPSA) is 48.0 Å². The summed E-state index contributed by atoms with van der Waals surface area (Å²) in [6.45, 7) is 0. The van der Waals surface area contributed by atoms with Crippen molar-refractivity contribution in [1.29, 1.82) is 0 Å². The predicted octanol–water partition coefficient (Wildman–Crippen LogP) is 13.3. The van der Waals surface area contributed by atoms with Crippen LogP contribution < -0.4 is 0 Å². The molecule has 0 N–H and O–H groups in total. The molecule has 0 saturated carbocycles. The van der Waals surface area contributed by atoms with E-state index in [0.717, 1.165) is 33.5 Å². The number of para-hydroxylation sites is 2. The van der Waals surface area contributed by atoms with E-state index >= 15 is 0 Å². The van der Waals surface area contributed by atoms with E-state index in [0.29, 0.717) is 17.5 Å². The molecule has 12 rings (SSSR count). The normalized spacial score (nSPS) is 11.8. The van der Waals surface area contributed by atoms with Crippen LogP contribution in [0, 0.1) is 0 Å². The fourth-order valence-corrected chi connectivity index (χ4v) is 8.88. The van der Waals surface area contributed by atoms with Gasteiger partial charge in [-0.15, -0.1) is 0 Å². The van der Waals surface area contributed by atoms with Crippen molar-refractivity contribution in [3.05, 3.63) is 200 Å². The Labute approximate surface area is 333 Å². The third-order valence-electron chi connectivity index (χ3n) is 11.5. The van der Waals surface area contributed by atoms with E-state index in [1.54, 1.807) is 0 Å². The number of pyridine rings is 1. The molecule has 0 bridgehead atoms. The molecule has 0 amide bonds. The molecule has 4 aromatic heterocycles. The van der Waals surface area contributed by atoms with Crippen molar-refractivity contribution in [2.45, 2.75) is 0 Å². The van der Waals surface area contributed by atoms with Crippen LogP contribution in [0.5, 0.6) is 0 Å². The highest BCUT2D eigenvalue weighted by Gasteiger charge is 2.20. The van der Waals surface area contributed by atoms with Gasteiger partial charge in [-0.05, 0) is 59.0 Å². The lowest BCUT2D eigenvalue weighted by molar-refractivity contribution is 1.07. The molecule has 0 unspecified atom stereocenters. The van der Waals surface area contributed by atoms with E-state index in [1.807, 2.05) is 60.7 Å². The van der Waals surface area contributed by atoms with Crippen LogP contribution in [0.1, 0.15) is 0 Å².